The van der Waals surface area contributed by atoms with Gasteiger partial charge in [0, 0.05) is 57.8 Å². The monoisotopic (exact) mass is 1010 g/mol. The SMILES string of the molecule is CN1C(N)=N[C@](C)(c2cc(F)c(F)cc2F)CS1(=O)=O.COc1ccc(CCl)cc1.COc1ccc(CN(Cc2ccc(OC)cc2)C2=N[C@](C)(c3cc(F)c(F)cc3F)CS(=O)(=O)N2C)cc1.[3HH]. The molecule has 5 aromatic rings. The smallest absolute Gasteiger partial charge is 0.239 e. The average Bonchev–Trinajstić information content (AvgIpc) is 3.29. The Balaban J connectivity index is 0.000000277. The van der Waals surface area contributed by atoms with Gasteiger partial charge in [0.15, 0.2) is 23.3 Å². The second-order valence-electron chi connectivity index (χ2n) is 15.9. The number of hydrogen-bond donors (Lipinski definition) is 1. The van der Waals surface area contributed by atoms with Crippen LogP contribution in [0.15, 0.2) is 107 Å². The number of rotatable bonds is 10. The maximum atomic E-state index is 14.9. The van der Waals surface area contributed by atoms with Crippen molar-refractivity contribution in [2.45, 2.75) is 43.9 Å². The lowest BCUT2D eigenvalue weighted by Crippen LogP contribution is -2.53. The van der Waals surface area contributed by atoms with Crippen LogP contribution >= 0.6 is 11.6 Å². The maximum Gasteiger partial charge on any atom is 0.239 e. The molecule has 2 atom stereocenters. The van der Waals surface area contributed by atoms with Crippen molar-refractivity contribution in [2.24, 2.45) is 15.7 Å². The summed E-state index contributed by atoms with van der Waals surface area (Å²) in [7, 11) is -0.502. The molecule has 13 nitrogen and oxygen atoms in total. The topological polar surface area (TPSA) is 156 Å². The molecule has 0 fully saturated rings. The van der Waals surface area contributed by atoms with Crippen LogP contribution in [-0.4, -0.2) is 89.2 Å². The zero-order valence-electron chi connectivity index (χ0n) is 37.9. The summed E-state index contributed by atoms with van der Waals surface area (Å²) >= 11 is 5.58. The number of alkyl halides is 1. The molecule has 2 heterocycles. The van der Waals surface area contributed by atoms with E-state index in [0.717, 1.165) is 31.1 Å². The number of methoxy groups -OCH3 is 3. The van der Waals surface area contributed by atoms with Crippen molar-refractivity contribution in [3.05, 3.63) is 160 Å². The molecule has 7 rings (SSSR count). The fourth-order valence-electron chi connectivity index (χ4n) is 7.08. The van der Waals surface area contributed by atoms with Crippen LogP contribution < -0.4 is 19.9 Å². The van der Waals surface area contributed by atoms with Crippen LogP contribution in [0.1, 0.15) is 43.1 Å². The lowest BCUT2D eigenvalue weighted by Gasteiger charge is -2.40. The number of nitrogens with zero attached hydrogens (tertiary/aromatic N) is 5. The minimum atomic E-state index is -4.02. The highest BCUT2D eigenvalue weighted by Crippen LogP contribution is 2.37. The van der Waals surface area contributed by atoms with E-state index in [9.17, 15) is 43.2 Å². The second-order valence-corrected chi connectivity index (χ2v) is 20.2. The highest BCUT2D eigenvalue weighted by molar-refractivity contribution is 7.90. The van der Waals surface area contributed by atoms with E-state index in [-0.39, 0.29) is 37.6 Å². The first-order chi connectivity index (χ1) is 31.9. The van der Waals surface area contributed by atoms with E-state index >= 15 is 0 Å². The van der Waals surface area contributed by atoms with Crippen molar-refractivity contribution in [3.63, 3.8) is 0 Å². The van der Waals surface area contributed by atoms with Crippen LogP contribution in [0.3, 0.4) is 0 Å². The van der Waals surface area contributed by atoms with Crippen molar-refractivity contribution in [1.82, 2.24) is 13.5 Å². The molecule has 0 aliphatic carbocycles. The molecule has 0 spiro atoms. The zero-order valence-corrected chi connectivity index (χ0v) is 40.3. The van der Waals surface area contributed by atoms with Crippen LogP contribution in [0.5, 0.6) is 17.2 Å². The lowest BCUT2D eigenvalue weighted by atomic mass is 9.94. The summed E-state index contributed by atoms with van der Waals surface area (Å²) in [5.74, 6) is -6.24. The normalized spacial score (nSPS) is 19.3. The Morgan fingerprint density at radius 2 is 0.926 bits per heavy atom. The molecular formula is C46H51ClF6N6O7S2. The summed E-state index contributed by atoms with van der Waals surface area (Å²) < 4.78 is 150. The van der Waals surface area contributed by atoms with Gasteiger partial charge in [0.1, 0.15) is 40.0 Å². The van der Waals surface area contributed by atoms with Crippen LogP contribution in [0.2, 0.25) is 0 Å². The minimum absolute atomic E-state index is 0. The molecule has 2 aliphatic heterocycles. The van der Waals surface area contributed by atoms with Gasteiger partial charge in [-0.3, -0.25) is 0 Å². The number of halogens is 7. The van der Waals surface area contributed by atoms with Gasteiger partial charge in [-0.25, -0.2) is 61.8 Å². The molecule has 0 aromatic heterocycles. The molecule has 22 heteroatoms. The Kier molecular flexibility index (Phi) is 16.6. The first-order valence-corrected chi connectivity index (χ1v) is 24.0. The summed E-state index contributed by atoms with van der Waals surface area (Å²) in [5.41, 5.74) is 4.23. The fraction of sp³-hybridized carbons (Fsp3) is 0.304. The molecule has 0 amide bonds. The van der Waals surface area contributed by atoms with Crippen LogP contribution in [-0.2, 0) is 50.1 Å². The van der Waals surface area contributed by atoms with Crippen LogP contribution in [0.4, 0.5) is 26.3 Å². The summed E-state index contributed by atoms with van der Waals surface area (Å²) in [6.45, 7) is 3.17. The summed E-state index contributed by atoms with van der Waals surface area (Å²) in [6, 6.07) is 24.2. The van der Waals surface area contributed by atoms with Crippen molar-refractivity contribution in [2.75, 3.05) is 46.9 Å². The first kappa shape index (κ1) is 52.8. The molecule has 5 aromatic carbocycles. The largest absolute Gasteiger partial charge is 0.497 e. The molecular weight excluding hydrogens is 962 g/mol. The standard InChI is InChI=1S/C27H28F3N3O4S.C11H12F3N3O2S.C8H9ClO.H2/c1-27(22-13-24(29)25(30)14-23(22)28)17-38(34,35)32(2)26(31-27)33(15-18-5-9-20(36-3)10-6-18)16-19-7-11-21(37-4)12-8-19;1-11(5-20(18,19)17(2)10(15)16-11)6-3-8(13)9(14)4-7(6)12;1-10-8-4-2-7(6-9)3-5-8;/h5-14H,15-17H2,1-4H3;3-4H,5H2,1-2H3,(H2,15,16);2-5H,6H2,1H3;1H/t27-;11-;;/m00../s1/i;;;1+2. The summed E-state index contributed by atoms with van der Waals surface area (Å²) in [6.07, 6.45) is 0. The van der Waals surface area contributed by atoms with Gasteiger partial charge >= 0.3 is 0 Å². The molecule has 2 N–H and O–H groups in total. The summed E-state index contributed by atoms with van der Waals surface area (Å²) in [4.78, 5) is 10.3. The number of ether oxygens (including phenoxy) is 3. The molecule has 0 unspecified atom stereocenters. The van der Waals surface area contributed by atoms with Gasteiger partial charge in [-0.2, -0.15) is 0 Å². The Morgan fingerprint density at radius 1 is 0.588 bits per heavy atom. The Hall–Kier alpha value is -6.19. The van der Waals surface area contributed by atoms with Crippen molar-refractivity contribution in [3.8, 4) is 17.2 Å². The number of nitrogens with two attached hydrogens (primary N) is 1. The number of sulfonamides is 2. The van der Waals surface area contributed by atoms with E-state index in [1.807, 2.05) is 48.5 Å². The third kappa shape index (κ3) is 12.3. The summed E-state index contributed by atoms with van der Waals surface area (Å²) in [5, 5.41) is 0. The van der Waals surface area contributed by atoms with E-state index in [0.29, 0.717) is 41.6 Å². The number of guanidine groups is 2. The lowest BCUT2D eigenvalue weighted by molar-refractivity contribution is 0.344. The Labute approximate surface area is 398 Å². The van der Waals surface area contributed by atoms with Gasteiger partial charge in [-0.1, -0.05) is 36.4 Å². The van der Waals surface area contributed by atoms with Gasteiger partial charge in [-0.15, -0.1) is 11.6 Å². The average molecular weight is 1020 g/mol. The second kappa shape index (κ2) is 21.4. The van der Waals surface area contributed by atoms with Gasteiger partial charge in [0.2, 0.25) is 32.0 Å². The highest BCUT2D eigenvalue weighted by Gasteiger charge is 2.45. The molecule has 0 radical (unpaired) electrons. The fourth-order valence-corrected chi connectivity index (χ4v) is 10.2. The Bertz CT molecular complexity index is 2820. The Morgan fingerprint density at radius 3 is 1.28 bits per heavy atom. The van der Waals surface area contributed by atoms with Gasteiger partial charge in [-0.05, 0) is 79.1 Å². The third-order valence-corrected chi connectivity index (χ3v) is 15.1. The van der Waals surface area contributed by atoms with Gasteiger partial charge in [0.05, 0.1) is 32.8 Å². The zero-order chi connectivity index (χ0) is 50.4. The molecule has 68 heavy (non-hydrogen) atoms. The van der Waals surface area contributed by atoms with E-state index in [1.54, 1.807) is 50.5 Å². The van der Waals surface area contributed by atoms with Gasteiger partial charge < -0.3 is 24.8 Å². The van der Waals surface area contributed by atoms with E-state index in [2.05, 4.69) is 9.98 Å². The van der Waals surface area contributed by atoms with Gasteiger partial charge in [0.25, 0.3) is 0 Å². The first-order valence-electron chi connectivity index (χ1n) is 20.3. The predicted octanol–water partition coefficient (Wildman–Crippen LogP) is 8.26. The van der Waals surface area contributed by atoms with Crippen molar-refractivity contribution >= 4 is 43.6 Å². The maximum absolute atomic E-state index is 14.9. The van der Waals surface area contributed by atoms with Crippen molar-refractivity contribution in [1.29, 1.82) is 0 Å². The molecule has 0 bridgehead atoms. The number of aliphatic imine (C=N–C) groups is 2. The molecule has 368 valence electrons. The minimum Gasteiger partial charge on any atom is -0.497 e. The van der Waals surface area contributed by atoms with E-state index in [1.165, 1.54) is 27.9 Å². The quantitative estimate of drug-likeness (QED) is 0.0827. The number of benzene rings is 5. The number of hydrogen-bond acceptors (Lipinski definition) is 11. The molecule has 0 saturated carbocycles. The molecule has 0 saturated heterocycles. The van der Waals surface area contributed by atoms with Crippen LogP contribution in [0.25, 0.3) is 0 Å². The van der Waals surface area contributed by atoms with E-state index in [4.69, 9.17) is 31.5 Å². The predicted molar refractivity (Wildman–Crippen MR) is 249 cm³/mol. The van der Waals surface area contributed by atoms with Crippen LogP contribution in [0, 0.1) is 34.9 Å². The third-order valence-electron chi connectivity index (χ3n) is 10.9. The van der Waals surface area contributed by atoms with Crippen molar-refractivity contribution < 1.29 is 58.8 Å². The highest BCUT2D eigenvalue weighted by atomic mass is 35.5. The molecule has 2 aliphatic rings. The van der Waals surface area contributed by atoms with E-state index < -0.39 is 77.5 Å².